The van der Waals surface area contributed by atoms with E-state index < -0.39 is 0 Å². The first-order chi connectivity index (χ1) is 12.2. The van der Waals surface area contributed by atoms with Crippen LogP contribution in [-0.4, -0.2) is 19.0 Å². The van der Waals surface area contributed by atoms with Gasteiger partial charge in [-0.05, 0) is 24.6 Å². The van der Waals surface area contributed by atoms with Crippen molar-refractivity contribution in [3.8, 4) is 0 Å². The fourth-order valence-electron chi connectivity index (χ4n) is 2.71. The Hall–Kier alpha value is -3.20. The maximum absolute atomic E-state index is 6.09. The molecular formula is C22H21N3. The zero-order chi connectivity index (χ0) is 17.6. The summed E-state index contributed by atoms with van der Waals surface area (Å²) in [6.45, 7) is 2.02. The van der Waals surface area contributed by atoms with E-state index in [9.17, 15) is 0 Å². The Kier molecular flexibility index (Phi) is 5.05. The predicted octanol–water partition coefficient (Wildman–Crippen LogP) is 4.80. The maximum Gasteiger partial charge on any atom is 0.0781 e. The lowest BCUT2D eigenvalue weighted by Gasteiger charge is -2.11. The Bertz CT molecular complexity index is 869. The van der Waals surface area contributed by atoms with Crippen molar-refractivity contribution in [2.45, 2.75) is 6.92 Å². The normalized spacial score (nSPS) is 10.8. The highest BCUT2D eigenvalue weighted by Gasteiger charge is 2.09. The highest BCUT2D eigenvalue weighted by atomic mass is 14.8. The number of nitrogens with two attached hydrogens (primary N) is 1. The zero-order valence-corrected chi connectivity index (χ0v) is 14.5. The van der Waals surface area contributed by atoms with Gasteiger partial charge in [-0.1, -0.05) is 60.7 Å². The molecule has 0 saturated heterocycles. The quantitative estimate of drug-likeness (QED) is 0.543. The van der Waals surface area contributed by atoms with Gasteiger partial charge in [0.15, 0.2) is 0 Å². The van der Waals surface area contributed by atoms with Crippen molar-refractivity contribution >= 4 is 23.3 Å². The van der Waals surface area contributed by atoms with Crippen LogP contribution in [0.3, 0.4) is 0 Å². The van der Waals surface area contributed by atoms with Crippen LogP contribution in [0, 0.1) is 6.92 Å². The van der Waals surface area contributed by atoms with Crippen molar-refractivity contribution in [1.29, 1.82) is 0 Å². The monoisotopic (exact) mass is 327 g/mol. The summed E-state index contributed by atoms with van der Waals surface area (Å²) in [4.78, 5) is 9.06. The number of rotatable bonds is 4. The van der Waals surface area contributed by atoms with Gasteiger partial charge in [0.05, 0.1) is 11.4 Å². The van der Waals surface area contributed by atoms with Crippen LogP contribution >= 0.6 is 0 Å². The fraction of sp³-hybridized carbons (Fsp3) is 0.0909. The SMILES string of the molecule is CN=Cc1cc(N=C(c2ccccc2)c2ccccc2)c(C)cc1N. The number of aryl methyl sites for hydroxylation is 1. The fourth-order valence-corrected chi connectivity index (χ4v) is 2.71. The van der Waals surface area contributed by atoms with Crippen LogP contribution in [0.1, 0.15) is 22.3 Å². The molecule has 0 aliphatic heterocycles. The van der Waals surface area contributed by atoms with Crippen LogP contribution < -0.4 is 5.73 Å². The minimum atomic E-state index is 0.711. The van der Waals surface area contributed by atoms with Crippen molar-refractivity contribution in [2.24, 2.45) is 9.98 Å². The van der Waals surface area contributed by atoms with Gasteiger partial charge in [-0.2, -0.15) is 0 Å². The minimum Gasteiger partial charge on any atom is -0.398 e. The second-order valence-electron chi connectivity index (χ2n) is 5.85. The topological polar surface area (TPSA) is 50.7 Å². The number of nitrogen functional groups attached to an aromatic ring is 1. The molecule has 3 nitrogen and oxygen atoms in total. The molecule has 0 unspecified atom stereocenters. The van der Waals surface area contributed by atoms with Gasteiger partial charge >= 0.3 is 0 Å². The molecule has 0 spiro atoms. The van der Waals surface area contributed by atoms with Crippen molar-refractivity contribution in [3.63, 3.8) is 0 Å². The molecule has 0 atom stereocenters. The van der Waals surface area contributed by atoms with E-state index in [2.05, 4.69) is 29.3 Å². The first kappa shape index (κ1) is 16.7. The largest absolute Gasteiger partial charge is 0.398 e. The summed E-state index contributed by atoms with van der Waals surface area (Å²) in [6.07, 6.45) is 1.76. The van der Waals surface area contributed by atoms with Gasteiger partial charge in [0.1, 0.15) is 0 Å². The zero-order valence-electron chi connectivity index (χ0n) is 14.5. The number of hydrogen-bond donors (Lipinski definition) is 1. The van der Waals surface area contributed by atoms with Crippen LogP contribution in [0.25, 0.3) is 0 Å². The molecular weight excluding hydrogens is 306 g/mol. The summed E-state index contributed by atoms with van der Waals surface area (Å²) in [5, 5.41) is 0. The molecule has 25 heavy (non-hydrogen) atoms. The summed E-state index contributed by atoms with van der Waals surface area (Å²) in [7, 11) is 1.74. The average Bonchev–Trinajstić information content (AvgIpc) is 2.64. The molecule has 124 valence electrons. The maximum atomic E-state index is 6.09. The third-order valence-corrected chi connectivity index (χ3v) is 4.00. The third-order valence-electron chi connectivity index (χ3n) is 4.00. The molecule has 0 fully saturated rings. The van der Waals surface area contributed by atoms with E-state index in [1.807, 2.05) is 55.5 Å². The number of hydrogen-bond acceptors (Lipinski definition) is 3. The van der Waals surface area contributed by atoms with E-state index in [0.29, 0.717) is 5.69 Å². The molecule has 0 bridgehead atoms. The Labute approximate surface area is 148 Å². The van der Waals surface area contributed by atoms with E-state index in [-0.39, 0.29) is 0 Å². The van der Waals surface area contributed by atoms with Crippen molar-refractivity contribution in [3.05, 3.63) is 95.1 Å². The molecule has 0 aliphatic rings. The molecule has 3 rings (SSSR count). The Balaban J connectivity index is 2.19. The number of anilines is 1. The number of nitrogens with zero attached hydrogens (tertiary/aromatic N) is 2. The third kappa shape index (κ3) is 3.83. The highest BCUT2D eigenvalue weighted by molar-refractivity contribution is 6.14. The molecule has 0 amide bonds. The summed E-state index contributed by atoms with van der Waals surface area (Å²) in [5.74, 6) is 0. The standard InChI is InChI=1S/C22H21N3/c1-16-13-20(23)19(15-24-2)14-21(16)25-22(17-9-5-3-6-10-17)18-11-7-4-8-12-18/h3-15H,23H2,1-2H3. The van der Waals surface area contributed by atoms with E-state index >= 15 is 0 Å². The molecule has 0 aliphatic carbocycles. The molecule has 0 heterocycles. The average molecular weight is 327 g/mol. The van der Waals surface area contributed by atoms with E-state index in [1.165, 1.54) is 0 Å². The van der Waals surface area contributed by atoms with Crippen molar-refractivity contribution in [1.82, 2.24) is 0 Å². The van der Waals surface area contributed by atoms with Crippen LogP contribution in [0.5, 0.6) is 0 Å². The second-order valence-corrected chi connectivity index (χ2v) is 5.85. The molecule has 0 radical (unpaired) electrons. The van der Waals surface area contributed by atoms with Crippen LogP contribution in [0.2, 0.25) is 0 Å². The molecule has 3 heteroatoms. The molecule has 3 aromatic rings. The van der Waals surface area contributed by atoms with Crippen LogP contribution in [0.4, 0.5) is 11.4 Å². The second kappa shape index (κ2) is 7.58. The van der Waals surface area contributed by atoms with E-state index in [0.717, 1.165) is 33.7 Å². The smallest absolute Gasteiger partial charge is 0.0781 e. The van der Waals surface area contributed by atoms with Gasteiger partial charge in [-0.25, -0.2) is 4.99 Å². The van der Waals surface area contributed by atoms with Gasteiger partial charge in [-0.3, -0.25) is 4.99 Å². The van der Waals surface area contributed by atoms with Crippen LogP contribution in [-0.2, 0) is 0 Å². The van der Waals surface area contributed by atoms with Gasteiger partial charge < -0.3 is 5.73 Å². The Morgan fingerprint density at radius 2 is 1.44 bits per heavy atom. The minimum absolute atomic E-state index is 0.711. The van der Waals surface area contributed by atoms with Gasteiger partial charge in [-0.15, -0.1) is 0 Å². The van der Waals surface area contributed by atoms with Crippen molar-refractivity contribution in [2.75, 3.05) is 12.8 Å². The lowest BCUT2D eigenvalue weighted by Crippen LogP contribution is -2.03. The first-order valence-electron chi connectivity index (χ1n) is 8.21. The van der Waals surface area contributed by atoms with E-state index in [1.54, 1.807) is 13.3 Å². The number of benzene rings is 3. The van der Waals surface area contributed by atoms with Gasteiger partial charge in [0, 0.05) is 35.6 Å². The summed E-state index contributed by atoms with van der Waals surface area (Å²) < 4.78 is 0. The molecule has 3 aromatic carbocycles. The Morgan fingerprint density at radius 1 is 0.880 bits per heavy atom. The molecule has 0 saturated carbocycles. The van der Waals surface area contributed by atoms with Gasteiger partial charge in [0.2, 0.25) is 0 Å². The molecule has 2 N–H and O–H groups in total. The van der Waals surface area contributed by atoms with Crippen molar-refractivity contribution < 1.29 is 0 Å². The number of aliphatic imine (C=N–C) groups is 2. The lowest BCUT2D eigenvalue weighted by molar-refractivity contribution is 1.38. The van der Waals surface area contributed by atoms with Gasteiger partial charge in [0.25, 0.3) is 0 Å². The summed E-state index contributed by atoms with van der Waals surface area (Å²) in [5.41, 5.74) is 12.7. The summed E-state index contributed by atoms with van der Waals surface area (Å²) >= 11 is 0. The van der Waals surface area contributed by atoms with E-state index in [4.69, 9.17) is 10.7 Å². The highest BCUT2D eigenvalue weighted by Crippen LogP contribution is 2.26. The van der Waals surface area contributed by atoms with Crippen LogP contribution in [0.15, 0.2) is 82.8 Å². The lowest BCUT2D eigenvalue weighted by atomic mass is 10.0. The molecule has 0 aromatic heterocycles. The predicted molar refractivity (Wildman–Crippen MR) is 107 cm³/mol. The Morgan fingerprint density at radius 3 is 1.96 bits per heavy atom. The summed E-state index contributed by atoms with van der Waals surface area (Å²) in [6, 6.07) is 24.4. The first-order valence-corrected chi connectivity index (χ1v) is 8.21.